The summed E-state index contributed by atoms with van der Waals surface area (Å²) in [5.74, 6) is -1.82. The van der Waals surface area contributed by atoms with Crippen molar-refractivity contribution < 1.29 is 29.0 Å². The third-order valence-corrected chi connectivity index (χ3v) is 5.33. The average Bonchev–Trinajstić information content (AvgIpc) is 2.81. The van der Waals surface area contributed by atoms with E-state index in [-0.39, 0.29) is 19.4 Å². The van der Waals surface area contributed by atoms with Crippen molar-refractivity contribution in [2.24, 2.45) is 0 Å². The van der Waals surface area contributed by atoms with E-state index >= 15 is 0 Å². The van der Waals surface area contributed by atoms with E-state index in [0.29, 0.717) is 0 Å². The van der Waals surface area contributed by atoms with Crippen molar-refractivity contribution in [3.63, 3.8) is 0 Å². The molecule has 0 saturated carbocycles. The van der Waals surface area contributed by atoms with Gasteiger partial charge in [-0.05, 0) is 50.8 Å². The predicted octanol–water partition coefficient (Wildman–Crippen LogP) is 4.55. The fourth-order valence-electron chi connectivity index (χ4n) is 3.66. The number of nitrogens with one attached hydrogen (secondary N) is 1. The maximum atomic E-state index is 13.3. The molecule has 1 amide bonds. The van der Waals surface area contributed by atoms with E-state index in [0.717, 1.165) is 29.0 Å². The number of aryl methyl sites for hydroxylation is 1. The van der Waals surface area contributed by atoms with Crippen LogP contribution >= 0.6 is 0 Å². The van der Waals surface area contributed by atoms with Crippen molar-refractivity contribution in [1.82, 2.24) is 10.4 Å². The monoisotopic (exact) mass is 498 g/mol. The minimum atomic E-state index is -1.19. The normalized spacial score (nSPS) is 12.9. The van der Waals surface area contributed by atoms with E-state index in [1.54, 1.807) is 27.7 Å². The second-order valence-corrected chi connectivity index (χ2v) is 9.60. The number of carbonyl (C=O) groups is 3. The number of benzene rings is 2. The number of hydrogen-bond acceptors (Lipinski definition) is 6. The fourth-order valence-corrected chi connectivity index (χ4v) is 3.66. The third-order valence-electron chi connectivity index (χ3n) is 5.33. The Morgan fingerprint density at radius 3 is 2.03 bits per heavy atom. The molecular weight excluding hydrogens is 460 g/mol. The van der Waals surface area contributed by atoms with E-state index in [9.17, 15) is 19.5 Å². The van der Waals surface area contributed by atoms with Gasteiger partial charge in [0.05, 0.1) is 6.61 Å². The molecular formula is C28H38N2O6. The van der Waals surface area contributed by atoms with Crippen LogP contribution in [0.4, 0.5) is 4.79 Å². The van der Waals surface area contributed by atoms with Crippen molar-refractivity contribution in [1.29, 1.82) is 0 Å². The molecule has 8 nitrogen and oxygen atoms in total. The first-order chi connectivity index (χ1) is 17.0. The number of carbonyl (C=O) groups excluding carboxylic acids is 2. The van der Waals surface area contributed by atoms with Gasteiger partial charge in [-0.25, -0.2) is 20.0 Å². The summed E-state index contributed by atoms with van der Waals surface area (Å²) in [7, 11) is 0. The van der Waals surface area contributed by atoms with E-state index < -0.39 is 35.7 Å². The van der Waals surface area contributed by atoms with Gasteiger partial charge in [-0.1, -0.05) is 67.9 Å². The molecule has 0 aromatic heterocycles. The predicted molar refractivity (Wildman–Crippen MR) is 137 cm³/mol. The number of carboxylic acid groups (broad SMARTS) is 1. The molecule has 0 bridgehead atoms. The Kier molecular flexibility index (Phi) is 10.9. The van der Waals surface area contributed by atoms with Gasteiger partial charge in [0.2, 0.25) is 0 Å². The summed E-state index contributed by atoms with van der Waals surface area (Å²) in [5, 5.41) is 11.0. The zero-order valence-electron chi connectivity index (χ0n) is 21.8. The van der Waals surface area contributed by atoms with Gasteiger partial charge in [0, 0.05) is 12.8 Å². The zero-order chi connectivity index (χ0) is 26.7. The van der Waals surface area contributed by atoms with E-state index in [4.69, 9.17) is 9.47 Å². The third kappa shape index (κ3) is 9.34. The molecule has 2 aromatic rings. The molecule has 0 spiro atoms. The minimum absolute atomic E-state index is 0.0991. The lowest BCUT2D eigenvalue weighted by Gasteiger charge is -2.34. The van der Waals surface area contributed by atoms with Crippen LogP contribution < -0.4 is 5.43 Å². The summed E-state index contributed by atoms with van der Waals surface area (Å²) >= 11 is 0. The molecule has 2 rings (SSSR count). The molecule has 36 heavy (non-hydrogen) atoms. The highest BCUT2D eigenvalue weighted by atomic mass is 16.6. The van der Waals surface area contributed by atoms with Crippen LogP contribution in [-0.4, -0.2) is 52.4 Å². The number of amides is 1. The minimum Gasteiger partial charge on any atom is -0.480 e. The summed E-state index contributed by atoms with van der Waals surface area (Å²) in [5.41, 5.74) is 4.65. The molecule has 2 N–H and O–H groups in total. The van der Waals surface area contributed by atoms with Gasteiger partial charge in [0.25, 0.3) is 0 Å². The molecule has 0 heterocycles. The Balaban J connectivity index is 2.39. The topological polar surface area (TPSA) is 105 Å². The molecule has 2 atom stereocenters. The quantitative estimate of drug-likeness (QED) is 0.327. The summed E-state index contributed by atoms with van der Waals surface area (Å²) in [4.78, 5) is 38.5. The number of rotatable bonds is 12. The molecule has 0 saturated heterocycles. The first-order valence-corrected chi connectivity index (χ1v) is 12.3. The van der Waals surface area contributed by atoms with Crippen LogP contribution in [0.25, 0.3) is 0 Å². The Labute approximate surface area is 213 Å². The van der Waals surface area contributed by atoms with Crippen LogP contribution in [0.1, 0.15) is 57.7 Å². The molecule has 0 radical (unpaired) electrons. The molecule has 0 aliphatic rings. The van der Waals surface area contributed by atoms with Crippen LogP contribution in [0.2, 0.25) is 0 Å². The Morgan fingerprint density at radius 1 is 0.917 bits per heavy atom. The number of hydrazine groups is 1. The highest BCUT2D eigenvalue weighted by Crippen LogP contribution is 2.17. The van der Waals surface area contributed by atoms with Gasteiger partial charge in [-0.15, -0.1) is 0 Å². The van der Waals surface area contributed by atoms with E-state index in [1.807, 2.05) is 54.6 Å². The Bertz CT molecular complexity index is 985. The van der Waals surface area contributed by atoms with Crippen LogP contribution in [0.3, 0.4) is 0 Å². The number of hydrogen-bond donors (Lipinski definition) is 2. The van der Waals surface area contributed by atoms with Gasteiger partial charge in [-0.2, -0.15) is 0 Å². The van der Waals surface area contributed by atoms with Gasteiger partial charge in [-0.3, -0.25) is 4.79 Å². The van der Waals surface area contributed by atoms with Crippen molar-refractivity contribution in [2.45, 2.75) is 78.0 Å². The lowest BCUT2D eigenvalue weighted by molar-refractivity contribution is -0.153. The maximum absolute atomic E-state index is 13.3. The summed E-state index contributed by atoms with van der Waals surface area (Å²) in [6.45, 7) is 8.98. The second kappa shape index (κ2) is 13.6. The van der Waals surface area contributed by atoms with Crippen molar-refractivity contribution in [2.75, 3.05) is 6.61 Å². The highest BCUT2D eigenvalue weighted by molar-refractivity contribution is 5.82. The van der Waals surface area contributed by atoms with Crippen LogP contribution in [-0.2, 0) is 38.3 Å². The lowest BCUT2D eigenvalue weighted by Crippen LogP contribution is -2.60. The molecule has 8 heteroatoms. The fraction of sp³-hybridized carbons (Fsp3) is 0.464. The smallest absolute Gasteiger partial charge is 0.425 e. The molecule has 0 fully saturated rings. The summed E-state index contributed by atoms with van der Waals surface area (Å²) in [6.07, 6.45) is 1.31. The van der Waals surface area contributed by atoms with Crippen molar-refractivity contribution in [3.05, 3.63) is 71.3 Å². The number of carboxylic acids is 1. The Morgan fingerprint density at radius 2 is 1.50 bits per heavy atom. The van der Waals surface area contributed by atoms with Gasteiger partial charge in [0.1, 0.15) is 11.6 Å². The SMILES string of the molecule is CCCc1ccc(C[C@H](NN(C(=O)OC(C)(C)C)[C@@H](Cc2ccccc2)C(=O)OCC)C(=O)O)cc1. The maximum Gasteiger partial charge on any atom is 0.425 e. The molecule has 2 aromatic carbocycles. The molecule has 196 valence electrons. The van der Waals surface area contributed by atoms with Gasteiger partial charge in [0.15, 0.2) is 6.04 Å². The van der Waals surface area contributed by atoms with Gasteiger partial charge < -0.3 is 14.6 Å². The first kappa shape index (κ1) is 28.8. The van der Waals surface area contributed by atoms with Crippen molar-refractivity contribution >= 4 is 18.0 Å². The standard InChI is InChI=1S/C28H38N2O6/c1-6-11-20-14-16-22(17-15-20)18-23(25(31)32)29-30(27(34)36-28(3,4)5)24(26(33)35-7-2)19-21-12-9-8-10-13-21/h8-10,12-17,23-24,29H,6-7,11,18-19H2,1-5H3,(H,31,32)/t23-,24-/m0/s1. The van der Waals surface area contributed by atoms with E-state index in [2.05, 4.69) is 12.3 Å². The molecule has 0 aliphatic carbocycles. The number of nitrogens with zero attached hydrogens (tertiary/aromatic N) is 1. The second-order valence-electron chi connectivity index (χ2n) is 9.60. The van der Waals surface area contributed by atoms with Gasteiger partial charge >= 0.3 is 18.0 Å². The largest absolute Gasteiger partial charge is 0.480 e. The lowest BCUT2D eigenvalue weighted by atomic mass is 10.0. The average molecular weight is 499 g/mol. The summed E-state index contributed by atoms with van der Waals surface area (Å²) < 4.78 is 10.8. The van der Waals surface area contributed by atoms with Crippen LogP contribution in [0.5, 0.6) is 0 Å². The molecule has 0 unspecified atom stereocenters. The number of esters is 1. The first-order valence-electron chi connectivity index (χ1n) is 12.3. The number of aliphatic carboxylic acids is 1. The molecule has 0 aliphatic heterocycles. The van der Waals surface area contributed by atoms with Crippen LogP contribution in [0, 0.1) is 0 Å². The van der Waals surface area contributed by atoms with Crippen LogP contribution in [0.15, 0.2) is 54.6 Å². The van der Waals surface area contributed by atoms with E-state index in [1.165, 1.54) is 5.56 Å². The number of ether oxygens (including phenoxy) is 2. The van der Waals surface area contributed by atoms with Crippen molar-refractivity contribution in [3.8, 4) is 0 Å². The Hall–Kier alpha value is -3.39. The zero-order valence-corrected chi connectivity index (χ0v) is 21.8. The highest BCUT2D eigenvalue weighted by Gasteiger charge is 2.37. The summed E-state index contributed by atoms with van der Waals surface area (Å²) in [6, 6.07) is 14.5.